The second-order valence-electron chi connectivity index (χ2n) is 2.01. The molecule has 1 nitrogen and oxygen atoms in total. The summed E-state index contributed by atoms with van der Waals surface area (Å²) in [6, 6.07) is 0. The SMILES string of the molecule is FC1(F)CNCC1(Cl)Cl. The van der Waals surface area contributed by atoms with Crippen LogP contribution in [-0.2, 0) is 0 Å². The summed E-state index contributed by atoms with van der Waals surface area (Å²) in [6.45, 7) is -0.483. The average molecular weight is 176 g/mol. The molecule has 0 aromatic rings. The van der Waals surface area contributed by atoms with Crippen molar-refractivity contribution in [1.82, 2.24) is 5.32 Å². The van der Waals surface area contributed by atoms with Gasteiger partial charge in [-0.3, -0.25) is 0 Å². The van der Waals surface area contributed by atoms with Gasteiger partial charge in [0.25, 0.3) is 5.92 Å². The lowest BCUT2D eigenvalue weighted by atomic mass is 10.3. The van der Waals surface area contributed by atoms with Gasteiger partial charge in [-0.05, 0) is 0 Å². The first-order valence-corrected chi connectivity index (χ1v) is 3.18. The molecule has 1 saturated heterocycles. The van der Waals surface area contributed by atoms with Gasteiger partial charge in [-0.2, -0.15) is 0 Å². The summed E-state index contributed by atoms with van der Waals surface area (Å²) in [5.74, 6) is -2.99. The van der Waals surface area contributed by atoms with E-state index in [2.05, 4.69) is 5.32 Å². The zero-order chi connectivity index (χ0) is 7.12. The highest BCUT2D eigenvalue weighted by Crippen LogP contribution is 2.40. The molecule has 1 aliphatic rings. The van der Waals surface area contributed by atoms with Crippen LogP contribution in [0.15, 0.2) is 0 Å². The molecule has 1 aliphatic heterocycles. The first-order valence-electron chi connectivity index (χ1n) is 2.42. The van der Waals surface area contributed by atoms with Gasteiger partial charge >= 0.3 is 0 Å². The lowest BCUT2D eigenvalue weighted by Crippen LogP contribution is -2.36. The molecular weight excluding hydrogens is 171 g/mol. The average Bonchev–Trinajstić information content (AvgIpc) is 1.81. The third-order valence-corrected chi connectivity index (χ3v) is 2.05. The molecule has 9 heavy (non-hydrogen) atoms. The van der Waals surface area contributed by atoms with Gasteiger partial charge in [0.15, 0.2) is 4.33 Å². The van der Waals surface area contributed by atoms with E-state index >= 15 is 0 Å². The number of nitrogens with one attached hydrogen (secondary N) is 1. The maximum absolute atomic E-state index is 12.4. The minimum Gasteiger partial charge on any atom is -0.308 e. The Bertz CT molecular complexity index is 112. The standard InChI is InChI=1S/C4H5Cl2F2N/c5-3(6)1-9-2-4(3,7)8/h9H,1-2H2. The van der Waals surface area contributed by atoms with Crippen LogP contribution >= 0.6 is 23.2 Å². The van der Waals surface area contributed by atoms with Gasteiger partial charge in [0.1, 0.15) is 0 Å². The smallest absolute Gasteiger partial charge is 0.293 e. The van der Waals surface area contributed by atoms with Gasteiger partial charge in [0.2, 0.25) is 0 Å². The summed E-state index contributed by atoms with van der Waals surface area (Å²) in [4.78, 5) is 0. The number of hydrogen-bond donors (Lipinski definition) is 1. The van der Waals surface area contributed by atoms with Crippen LogP contribution in [0, 0.1) is 0 Å². The second kappa shape index (κ2) is 1.94. The summed E-state index contributed by atoms with van der Waals surface area (Å²) < 4.78 is 22.9. The van der Waals surface area contributed by atoms with E-state index in [4.69, 9.17) is 23.2 Å². The fraction of sp³-hybridized carbons (Fsp3) is 1.00. The van der Waals surface area contributed by atoms with Crippen LogP contribution < -0.4 is 5.32 Å². The molecule has 0 aromatic carbocycles. The number of hydrogen-bond acceptors (Lipinski definition) is 1. The van der Waals surface area contributed by atoms with Crippen LogP contribution in [0.25, 0.3) is 0 Å². The molecule has 1 fully saturated rings. The van der Waals surface area contributed by atoms with E-state index in [1.165, 1.54) is 0 Å². The Hall–Kier alpha value is 0.400. The van der Waals surface area contributed by atoms with Gasteiger partial charge in [0.05, 0.1) is 6.54 Å². The molecule has 0 amide bonds. The quantitative estimate of drug-likeness (QED) is 0.550. The molecule has 1 N–H and O–H groups in total. The highest BCUT2D eigenvalue weighted by Gasteiger charge is 2.55. The number of halogens is 4. The molecule has 0 atom stereocenters. The Morgan fingerprint density at radius 2 is 1.78 bits per heavy atom. The molecule has 1 heterocycles. The van der Waals surface area contributed by atoms with Crippen LogP contribution in [0.2, 0.25) is 0 Å². The first-order chi connectivity index (χ1) is 3.96. The van der Waals surface area contributed by atoms with Crippen molar-refractivity contribution in [2.75, 3.05) is 13.1 Å². The second-order valence-corrected chi connectivity index (χ2v) is 3.50. The molecule has 5 heteroatoms. The lowest BCUT2D eigenvalue weighted by molar-refractivity contribution is 0.0158. The van der Waals surface area contributed by atoms with E-state index in [9.17, 15) is 8.78 Å². The summed E-state index contributed by atoms with van der Waals surface area (Å²) in [7, 11) is 0. The van der Waals surface area contributed by atoms with E-state index in [0.29, 0.717) is 0 Å². The van der Waals surface area contributed by atoms with Crippen molar-refractivity contribution in [3.05, 3.63) is 0 Å². The van der Waals surface area contributed by atoms with Crippen molar-refractivity contribution in [3.8, 4) is 0 Å². The van der Waals surface area contributed by atoms with E-state index in [1.54, 1.807) is 0 Å². The predicted molar refractivity (Wildman–Crippen MR) is 32.3 cm³/mol. The lowest BCUT2D eigenvalue weighted by Gasteiger charge is -2.18. The summed E-state index contributed by atoms with van der Waals surface area (Å²) in [5, 5.41) is 2.39. The molecule has 0 spiro atoms. The highest BCUT2D eigenvalue weighted by atomic mass is 35.5. The van der Waals surface area contributed by atoms with Gasteiger partial charge in [-0.15, -0.1) is 0 Å². The third kappa shape index (κ3) is 1.14. The van der Waals surface area contributed by atoms with Gasteiger partial charge < -0.3 is 5.32 Å². The van der Waals surface area contributed by atoms with Gasteiger partial charge in [-0.25, -0.2) is 8.78 Å². The molecule has 0 saturated carbocycles. The van der Waals surface area contributed by atoms with Crippen molar-refractivity contribution in [2.45, 2.75) is 10.3 Å². The van der Waals surface area contributed by atoms with Crippen LogP contribution in [0.4, 0.5) is 8.78 Å². The van der Waals surface area contributed by atoms with Crippen molar-refractivity contribution in [3.63, 3.8) is 0 Å². The summed E-state index contributed by atoms with van der Waals surface area (Å²) in [5.41, 5.74) is 0. The minimum atomic E-state index is -2.99. The Morgan fingerprint density at radius 3 is 1.89 bits per heavy atom. The van der Waals surface area contributed by atoms with Crippen LogP contribution in [0.1, 0.15) is 0 Å². The van der Waals surface area contributed by atoms with Crippen LogP contribution in [0.5, 0.6) is 0 Å². The largest absolute Gasteiger partial charge is 0.308 e. The van der Waals surface area contributed by atoms with Gasteiger partial charge in [-0.1, -0.05) is 23.2 Å². The topological polar surface area (TPSA) is 12.0 Å². The minimum absolute atomic E-state index is 0.0525. The Balaban J connectivity index is 2.75. The van der Waals surface area contributed by atoms with Crippen LogP contribution in [-0.4, -0.2) is 23.3 Å². The van der Waals surface area contributed by atoms with Crippen molar-refractivity contribution >= 4 is 23.2 Å². The fourth-order valence-corrected chi connectivity index (χ4v) is 0.958. The zero-order valence-corrected chi connectivity index (χ0v) is 5.94. The molecule has 0 aromatic heterocycles. The molecule has 0 bridgehead atoms. The monoisotopic (exact) mass is 175 g/mol. The van der Waals surface area contributed by atoms with Crippen molar-refractivity contribution < 1.29 is 8.78 Å². The molecule has 1 rings (SSSR count). The molecule has 54 valence electrons. The Labute approximate surface area is 61.3 Å². The zero-order valence-electron chi connectivity index (χ0n) is 4.43. The third-order valence-electron chi connectivity index (χ3n) is 1.23. The summed E-state index contributed by atoms with van der Waals surface area (Å²) >= 11 is 10.4. The highest BCUT2D eigenvalue weighted by molar-refractivity contribution is 6.49. The molecule has 0 radical (unpaired) electrons. The molecular formula is C4H5Cl2F2N. The molecule has 0 aliphatic carbocycles. The Morgan fingerprint density at radius 1 is 1.22 bits per heavy atom. The maximum atomic E-state index is 12.4. The predicted octanol–water partition coefficient (Wildman–Crippen LogP) is 1.40. The van der Waals surface area contributed by atoms with Crippen molar-refractivity contribution in [2.24, 2.45) is 0 Å². The van der Waals surface area contributed by atoms with Crippen LogP contribution in [0.3, 0.4) is 0 Å². The van der Waals surface area contributed by atoms with E-state index in [1.807, 2.05) is 0 Å². The van der Waals surface area contributed by atoms with Gasteiger partial charge in [0, 0.05) is 6.54 Å². The normalized spacial score (nSPS) is 30.7. The van der Waals surface area contributed by atoms with E-state index in [-0.39, 0.29) is 6.54 Å². The maximum Gasteiger partial charge on any atom is 0.293 e. The summed E-state index contributed by atoms with van der Waals surface area (Å²) in [6.07, 6.45) is 0. The Kier molecular flexibility index (Phi) is 1.62. The van der Waals surface area contributed by atoms with Crippen molar-refractivity contribution in [1.29, 1.82) is 0 Å². The number of rotatable bonds is 0. The molecule has 0 unspecified atom stereocenters. The number of alkyl halides is 4. The van der Waals surface area contributed by atoms with E-state index < -0.39 is 16.8 Å². The van der Waals surface area contributed by atoms with E-state index in [0.717, 1.165) is 0 Å². The fourth-order valence-electron chi connectivity index (χ4n) is 0.635. The first kappa shape index (κ1) is 7.51.